The highest BCUT2D eigenvalue weighted by molar-refractivity contribution is 7.80. The van der Waals surface area contributed by atoms with Gasteiger partial charge in [-0.15, -0.1) is 0 Å². The van der Waals surface area contributed by atoms with Crippen LogP contribution in [-0.2, 0) is 6.54 Å². The monoisotopic (exact) mass is 412 g/mol. The molecule has 0 aromatic carbocycles. The van der Waals surface area contributed by atoms with Crippen LogP contribution in [0, 0.1) is 0 Å². The quantitative estimate of drug-likeness (QED) is 0.503. The lowest BCUT2D eigenvalue weighted by Crippen LogP contribution is -2.30. The molecule has 1 fully saturated rings. The first-order valence-electron chi connectivity index (χ1n) is 9.78. The second-order valence-electron chi connectivity index (χ2n) is 7.07. The summed E-state index contributed by atoms with van der Waals surface area (Å²) in [6.45, 7) is 0.605. The molecule has 5 rings (SSSR count). The minimum atomic E-state index is -0.0835. The summed E-state index contributed by atoms with van der Waals surface area (Å²) < 4.78 is 2.11. The minimum Gasteiger partial charge on any atom is -0.352 e. The predicted molar refractivity (Wildman–Crippen MR) is 119 cm³/mol. The van der Waals surface area contributed by atoms with Gasteiger partial charge in [-0.2, -0.15) is 0 Å². The maximum absolute atomic E-state index is 5.76. The Bertz CT molecular complexity index is 1130. The first-order chi connectivity index (χ1) is 14.8. The van der Waals surface area contributed by atoms with Crippen LogP contribution in [0.4, 0.5) is 0 Å². The average Bonchev–Trinajstić information content (AvgIpc) is 3.40. The summed E-state index contributed by atoms with van der Waals surface area (Å²) >= 11 is 5.76. The third kappa shape index (κ3) is 3.44. The fourth-order valence-electron chi connectivity index (χ4n) is 3.90. The van der Waals surface area contributed by atoms with Crippen LogP contribution >= 0.6 is 12.2 Å². The Hall–Kier alpha value is -3.58. The molecule has 5 heterocycles. The Morgan fingerprint density at radius 1 is 0.833 bits per heavy atom. The third-order valence-electron chi connectivity index (χ3n) is 5.24. The van der Waals surface area contributed by atoms with Crippen molar-refractivity contribution in [2.45, 2.75) is 18.6 Å². The molecule has 0 spiro atoms. The fourth-order valence-corrected chi connectivity index (χ4v) is 4.21. The second-order valence-corrected chi connectivity index (χ2v) is 7.45. The van der Waals surface area contributed by atoms with Gasteiger partial charge >= 0.3 is 0 Å². The molecule has 2 atom stereocenters. The van der Waals surface area contributed by atoms with E-state index in [4.69, 9.17) is 12.2 Å². The Balaban J connectivity index is 1.60. The number of pyridine rings is 3. The zero-order chi connectivity index (χ0) is 20.3. The van der Waals surface area contributed by atoms with E-state index in [1.54, 1.807) is 6.20 Å². The molecular weight excluding hydrogens is 392 g/mol. The van der Waals surface area contributed by atoms with E-state index >= 15 is 0 Å². The van der Waals surface area contributed by atoms with Crippen molar-refractivity contribution in [2.24, 2.45) is 0 Å². The van der Waals surface area contributed by atoms with E-state index in [2.05, 4.69) is 35.8 Å². The van der Waals surface area contributed by atoms with Crippen LogP contribution < -0.4 is 5.32 Å². The molecule has 0 bridgehead atoms. The third-order valence-corrected chi connectivity index (χ3v) is 5.59. The first-order valence-corrected chi connectivity index (χ1v) is 10.2. The van der Waals surface area contributed by atoms with Gasteiger partial charge in [-0.1, -0.05) is 18.2 Å². The Morgan fingerprint density at radius 2 is 1.60 bits per heavy atom. The number of hydrogen-bond acceptors (Lipinski definition) is 4. The van der Waals surface area contributed by atoms with Crippen molar-refractivity contribution in [1.82, 2.24) is 29.7 Å². The first kappa shape index (κ1) is 18.4. The molecule has 1 N–H and O–H groups in total. The predicted octanol–water partition coefficient (Wildman–Crippen LogP) is 3.84. The SMILES string of the molecule is S=C1NC(c2ccccn2)C(c2cccn2-c2ccccn2)N1Cc1ccccn1. The molecule has 0 amide bonds. The van der Waals surface area contributed by atoms with Crippen LogP contribution in [-0.4, -0.2) is 29.5 Å². The van der Waals surface area contributed by atoms with E-state index in [-0.39, 0.29) is 12.1 Å². The number of aromatic nitrogens is 4. The van der Waals surface area contributed by atoms with Crippen molar-refractivity contribution in [3.8, 4) is 5.82 Å². The highest BCUT2D eigenvalue weighted by Gasteiger charge is 2.41. The van der Waals surface area contributed by atoms with Gasteiger partial charge in [-0.05, 0) is 60.7 Å². The molecule has 0 saturated carbocycles. The summed E-state index contributed by atoms with van der Waals surface area (Å²) in [6.07, 6.45) is 7.46. The Labute approximate surface area is 180 Å². The highest BCUT2D eigenvalue weighted by atomic mass is 32.1. The van der Waals surface area contributed by atoms with E-state index in [1.165, 1.54) is 0 Å². The lowest BCUT2D eigenvalue weighted by molar-refractivity contribution is 0.299. The number of rotatable bonds is 5. The molecule has 0 aliphatic carbocycles. The van der Waals surface area contributed by atoms with Gasteiger partial charge < -0.3 is 14.8 Å². The number of nitrogens with zero attached hydrogens (tertiary/aromatic N) is 5. The topological polar surface area (TPSA) is 58.9 Å². The zero-order valence-electron chi connectivity index (χ0n) is 16.2. The minimum absolute atomic E-state index is 0.0635. The Morgan fingerprint density at radius 3 is 2.30 bits per heavy atom. The smallest absolute Gasteiger partial charge is 0.170 e. The van der Waals surface area contributed by atoms with Gasteiger partial charge in [0.2, 0.25) is 0 Å². The molecule has 4 aromatic rings. The molecule has 148 valence electrons. The fraction of sp³-hybridized carbons (Fsp3) is 0.130. The number of thiocarbonyl (C=S) groups is 1. The van der Waals surface area contributed by atoms with Gasteiger partial charge in [0.05, 0.1) is 30.0 Å². The van der Waals surface area contributed by atoms with E-state index in [0.29, 0.717) is 11.7 Å². The molecular formula is C23H20N6S. The normalized spacial score (nSPS) is 18.4. The number of nitrogens with one attached hydrogen (secondary N) is 1. The molecule has 0 radical (unpaired) electrons. The van der Waals surface area contributed by atoms with Crippen molar-refractivity contribution in [3.05, 3.63) is 109 Å². The molecule has 6 nitrogen and oxygen atoms in total. The van der Waals surface area contributed by atoms with E-state index in [1.807, 2.05) is 79.3 Å². The summed E-state index contributed by atoms with van der Waals surface area (Å²) in [5, 5.41) is 4.18. The van der Waals surface area contributed by atoms with Gasteiger partial charge in [-0.3, -0.25) is 9.97 Å². The van der Waals surface area contributed by atoms with Crippen LogP contribution in [0.5, 0.6) is 0 Å². The van der Waals surface area contributed by atoms with Crippen LogP contribution in [0.25, 0.3) is 5.82 Å². The van der Waals surface area contributed by atoms with Gasteiger partial charge in [-0.25, -0.2) is 4.98 Å². The van der Waals surface area contributed by atoms with Crippen LogP contribution in [0.1, 0.15) is 29.2 Å². The summed E-state index contributed by atoms with van der Waals surface area (Å²) in [5.74, 6) is 0.868. The molecule has 2 unspecified atom stereocenters. The summed E-state index contributed by atoms with van der Waals surface area (Å²) in [6, 6.07) is 21.8. The van der Waals surface area contributed by atoms with Crippen molar-refractivity contribution in [1.29, 1.82) is 0 Å². The highest BCUT2D eigenvalue weighted by Crippen LogP contribution is 2.40. The van der Waals surface area contributed by atoms with Crippen molar-refractivity contribution >= 4 is 17.3 Å². The van der Waals surface area contributed by atoms with Crippen LogP contribution in [0.15, 0.2) is 91.5 Å². The largest absolute Gasteiger partial charge is 0.352 e. The van der Waals surface area contributed by atoms with Crippen LogP contribution in [0.3, 0.4) is 0 Å². The molecule has 7 heteroatoms. The number of hydrogen-bond donors (Lipinski definition) is 1. The lowest BCUT2D eigenvalue weighted by Gasteiger charge is -2.28. The van der Waals surface area contributed by atoms with Gasteiger partial charge in [0.25, 0.3) is 0 Å². The van der Waals surface area contributed by atoms with Gasteiger partial charge in [0.1, 0.15) is 5.82 Å². The lowest BCUT2D eigenvalue weighted by atomic mass is 10.0. The van der Waals surface area contributed by atoms with Gasteiger partial charge in [0.15, 0.2) is 5.11 Å². The molecule has 1 saturated heterocycles. The van der Waals surface area contributed by atoms with E-state index in [0.717, 1.165) is 22.9 Å². The summed E-state index contributed by atoms with van der Waals surface area (Å²) in [5.41, 5.74) is 3.00. The average molecular weight is 413 g/mol. The molecule has 4 aromatic heterocycles. The Kier molecular flexibility index (Phi) is 4.94. The van der Waals surface area contributed by atoms with Crippen LogP contribution in [0.2, 0.25) is 0 Å². The molecule has 1 aliphatic rings. The van der Waals surface area contributed by atoms with Crippen molar-refractivity contribution in [2.75, 3.05) is 0 Å². The molecule has 1 aliphatic heterocycles. The summed E-state index contributed by atoms with van der Waals surface area (Å²) in [7, 11) is 0. The second kappa shape index (κ2) is 8.04. The summed E-state index contributed by atoms with van der Waals surface area (Å²) in [4.78, 5) is 15.8. The van der Waals surface area contributed by atoms with Gasteiger partial charge in [0, 0.05) is 30.5 Å². The maximum Gasteiger partial charge on any atom is 0.170 e. The van der Waals surface area contributed by atoms with E-state index in [9.17, 15) is 0 Å². The standard InChI is InChI=1S/C23H20N6S/c30-23-27-21(18-9-2-5-13-25-18)22(29(23)16-17-8-1-4-12-24-17)19-10-7-15-28(19)20-11-3-6-14-26-20/h1-15,21-22H,16H2,(H,27,30). The maximum atomic E-state index is 5.76. The zero-order valence-corrected chi connectivity index (χ0v) is 17.0. The van der Waals surface area contributed by atoms with Crippen molar-refractivity contribution < 1.29 is 0 Å². The van der Waals surface area contributed by atoms with E-state index < -0.39 is 0 Å². The van der Waals surface area contributed by atoms with Crippen molar-refractivity contribution in [3.63, 3.8) is 0 Å². The molecule has 30 heavy (non-hydrogen) atoms.